The fourth-order valence-corrected chi connectivity index (χ4v) is 1.65. The summed E-state index contributed by atoms with van der Waals surface area (Å²) in [5, 5.41) is 2.86. The summed E-state index contributed by atoms with van der Waals surface area (Å²) in [6.07, 6.45) is 1.59. The van der Waals surface area contributed by atoms with Gasteiger partial charge in [-0.15, -0.1) is 0 Å². The average Bonchev–Trinajstić information content (AvgIpc) is 2.38. The van der Waals surface area contributed by atoms with Crippen LogP contribution in [0.5, 0.6) is 0 Å². The number of nitrogens with two attached hydrogens (primary N) is 1. The van der Waals surface area contributed by atoms with E-state index in [1.165, 1.54) is 0 Å². The second-order valence-electron chi connectivity index (χ2n) is 4.18. The molecule has 0 fully saturated rings. The maximum Gasteiger partial charge on any atom is 0.241 e. The molecule has 4 nitrogen and oxygen atoms in total. The number of hydrogen-bond donors (Lipinski definition) is 2. The van der Waals surface area contributed by atoms with E-state index in [2.05, 4.69) is 5.32 Å². The molecule has 0 aromatic heterocycles. The van der Waals surface area contributed by atoms with Gasteiger partial charge >= 0.3 is 0 Å². The first-order valence-electron chi connectivity index (χ1n) is 6.41. The molecule has 1 rings (SSSR count). The third-order valence-corrected chi connectivity index (χ3v) is 2.67. The van der Waals surface area contributed by atoms with Crippen LogP contribution in [-0.2, 0) is 16.1 Å². The Morgan fingerprint density at radius 3 is 2.78 bits per heavy atom. The predicted molar refractivity (Wildman–Crippen MR) is 73.3 cm³/mol. The number of para-hydroxylation sites is 1. The molecule has 4 heteroatoms. The Morgan fingerprint density at radius 2 is 2.11 bits per heavy atom. The number of carbonyl (C=O) groups is 1. The number of benzene rings is 1. The van der Waals surface area contributed by atoms with E-state index in [0.717, 1.165) is 17.7 Å². The number of anilines is 1. The fourth-order valence-electron chi connectivity index (χ4n) is 1.65. The maximum atomic E-state index is 11.9. The first kappa shape index (κ1) is 14.7. The lowest BCUT2D eigenvalue weighted by atomic mass is 10.1. The highest BCUT2D eigenvalue weighted by Gasteiger charge is 2.13. The zero-order chi connectivity index (χ0) is 13.4. The molecular weight excluding hydrogens is 228 g/mol. The van der Waals surface area contributed by atoms with Gasteiger partial charge in [-0.3, -0.25) is 4.79 Å². The lowest BCUT2D eigenvalue weighted by Crippen LogP contribution is -2.35. The third kappa shape index (κ3) is 4.47. The minimum absolute atomic E-state index is 0.138. The van der Waals surface area contributed by atoms with Crippen molar-refractivity contribution in [1.82, 2.24) is 0 Å². The molecular formula is C14H22N2O2. The summed E-state index contributed by atoms with van der Waals surface area (Å²) in [7, 11) is 0. The van der Waals surface area contributed by atoms with E-state index in [0.29, 0.717) is 19.6 Å². The van der Waals surface area contributed by atoms with Crippen LogP contribution in [0.15, 0.2) is 24.3 Å². The zero-order valence-corrected chi connectivity index (χ0v) is 11.1. The topological polar surface area (TPSA) is 64.4 Å². The Bertz CT molecular complexity index is 380. The monoisotopic (exact) mass is 250 g/mol. The van der Waals surface area contributed by atoms with Crippen LogP contribution in [-0.4, -0.2) is 18.6 Å². The van der Waals surface area contributed by atoms with Crippen LogP contribution in [0.4, 0.5) is 5.69 Å². The summed E-state index contributed by atoms with van der Waals surface area (Å²) in [4.78, 5) is 11.9. The molecule has 0 spiro atoms. The predicted octanol–water partition coefficient (Wildman–Crippen LogP) is 2.29. The Kier molecular flexibility index (Phi) is 6.39. The maximum absolute atomic E-state index is 11.9. The van der Waals surface area contributed by atoms with Crippen molar-refractivity contribution >= 4 is 11.6 Å². The molecule has 0 radical (unpaired) electrons. The second kappa shape index (κ2) is 7.84. The Balaban J connectivity index is 2.68. The number of nitrogens with one attached hydrogen (secondary N) is 1. The van der Waals surface area contributed by atoms with Gasteiger partial charge in [-0.05, 0) is 19.4 Å². The van der Waals surface area contributed by atoms with Crippen molar-refractivity contribution in [3.05, 3.63) is 29.8 Å². The molecule has 1 amide bonds. The molecule has 1 atom stereocenters. The van der Waals surface area contributed by atoms with Gasteiger partial charge in [-0.1, -0.05) is 31.5 Å². The molecule has 100 valence electrons. The van der Waals surface area contributed by atoms with E-state index in [9.17, 15) is 4.79 Å². The first-order chi connectivity index (χ1) is 8.69. The highest BCUT2D eigenvalue weighted by atomic mass is 16.5. The van der Waals surface area contributed by atoms with Crippen LogP contribution >= 0.6 is 0 Å². The van der Waals surface area contributed by atoms with Crippen LogP contribution in [0.25, 0.3) is 0 Å². The van der Waals surface area contributed by atoms with Gasteiger partial charge < -0.3 is 15.8 Å². The molecule has 0 bridgehead atoms. The fraction of sp³-hybridized carbons (Fsp3) is 0.500. The van der Waals surface area contributed by atoms with Crippen molar-refractivity contribution < 1.29 is 9.53 Å². The summed E-state index contributed by atoms with van der Waals surface area (Å²) in [5.74, 6) is -0.138. The molecule has 0 aliphatic carbocycles. The van der Waals surface area contributed by atoms with Crippen molar-refractivity contribution in [3.8, 4) is 0 Å². The Labute approximate surface area is 109 Å². The molecule has 0 aliphatic heterocycles. The van der Waals surface area contributed by atoms with Crippen molar-refractivity contribution in [1.29, 1.82) is 0 Å². The van der Waals surface area contributed by atoms with Crippen molar-refractivity contribution in [3.63, 3.8) is 0 Å². The molecule has 3 N–H and O–H groups in total. The molecule has 1 aromatic carbocycles. The molecule has 0 aliphatic rings. The van der Waals surface area contributed by atoms with Gasteiger partial charge in [0, 0.05) is 17.9 Å². The lowest BCUT2D eigenvalue weighted by molar-refractivity contribution is -0.117. The Morgan fingerprint density at radius 1 is 1.39 bits per heavy atom. The third-order valence-electron chi connectivity index (χ3n) is 2.67. The van der Waals surface area contributed by atoms with Crippen molar-refractivity contribution in [2.75, 3.05) is 11.9 Å². The largest absolute Gasteiger partial charge is 0.377 e. The highest BCUT2D eigenvalue weighted by molar-refractivity contribution is 5.95. The SMILES string of the molecule is CCCC(N)C(=O)Nc1ccccc1COCC. The van der Waals surface area contributed by atoms with Crippen LogP contribution in [0, 0.1) is 0 Å². The van der Waals surface area contributed by atoms with E-state index in [-0.39, 0.29) is 5.91 Å². The summed E-state index contributed by atoms with van der Waals surface area (Å²) < 4.78 is 5.37. The van der Waals surface area contributed by atoms with Crippen molar-refractivity contribution in [2.24, 2.45) is 5.73 Å². The summed E-state index contributed by atoms with van der Waals surface area (Å²) in [5.41, 5.74) is 7.53. The van der Waals surface area contributed by atoms with Crippen molar-refractivity contribution in [2.45, 2.75) is 39.3 Å². The van der Waals surface area contributed by atoms with Gasteiger partial charge in [0.2, 0.25) is 5.91 Å². The van der Waals surface area contributed by atoms with Crippen LogP contribution in [0.1, 0.15) is 32.3 Å². The van der Waals surface area contributed by atoms with E-state index in [1.54, 1.807) is 0 Å². The number of amides is 1. The average molecular weight is 250 g/mol. The number of ether oxygens (including phenoxy) is 1. The molecule has 18 heavy (non-hydrogen) atoms. The standard InChI is InChI=1S/C14H22N2O2/c1-3-7-12(15)14(17)16-13-9-6-5-8-11(13)10-18-4-2/h5-6,8-9,12H,3-4,7,10,15H2,1-2H3,(H,16,17). The molecule has 0 heterocycles. The lowest BCUT2D eigenvalue weighted by Gasteiger charge is -2.14. The summed E-state index contributed by atoms with van der Waals surface area (Å²) >= 11 is 0. The van der Waals surface area contributed by atoms with E-state index >= 15 is 0 Å². The minimum atomic E-state index is -0.449. The quantitative estimate of drug-likeness (QED) is 0.780. The van der Waals surface area contributed by atoms with E-state index in [1.807, 2.05) is 38.1 Å². The van der Waals surface area contributed by atoms with Gasteiger partial charge in [0.25, 0.3) is 0 Å². The zero-order valence-electron chi connectivity index (χ0n) is 11.1. The number of rotatable bonds is 7. The minimum Gasteiger partial charge on any atom is -0.377 e. The molecule has 1 aromatic rings. The normalized spacial score (nSPS) is 12.2. The van der Waals surface area contributed by atoms with E-state index < -0.39 is 6.04 Å². The molecule has 0 saturated carbocycles. The van der Waals surface area contributed by atoms with Gasteiger partial charge in [0.05, 0.1) is 12.6 Å². The van der Waals surface area contributed by atoms with Gasteiger partial charge in [-0.25, -0.2) is 0 Å². The Hall–Kier alpha value is -1.39. The van der Waals surface area contributed by atoms with Crippen LogP contribution < -0.4 is 11.1 Å². The van der Waals surface area contributed by atoms with E-state index in [4.69, 9.17) is 10.5 Å². The second-order valence-corrected chi connectivity index (χ2v) is 4.18. The first-order valence-corrected chi connectivity index (χ1v) is 6.41. The van der Waals surface area contributed by atoms with Crippen LogP contribution in [0.2, 0.25) is 0 Å². The summed E-state index contributed by atoms with van der Waals surface area (Å²) in [6.45, 7) is 5.10. The number of hydrogen-bond acceptors (Lipinski definition) is 3. The molecule has 0 saturated heterocycles. The smallest absolute Gasteiger partial charge is 0.241 e. The highest BCUT2D eigenvalue weighted by Crippen LogP contribution is 2.16. The van der Waals surface area contributed by atoms with Gasteiger partial charge in [-0.2, -0.15) is 0 Å². The number of carbonyl (C=O) groups excluding carboxylic acids is 1. The van der Waals surface area contributed by atoms with Crippen LogP contribution in [0.3, 0.4) is 0 Å². The van der Waals surface area contributed by atoms with Gasteiger partial charge in [0.15, 0.2) is 0 Å². The summed E-state index contributed by atoms with van der Waals surface area (Å²) in [6, 6.07) is 7.17. The molecule has 1 unspecified atom stereocenters. The van der Waals surface area contributed by atoms with Gasteiger partial charge in [0.1, 0.15) is 0 Å².